The first-order chi connectivity index (χ1) is 9.78. The van der Waals surface area contributed by atoms with Crippen molar-refractivity contribution >= 4 is 12.4 Å². The van der Waals surface area contributed by atoms with E-state index in [4.69, 9.17) is 0 Å². The van der Waals surface area contributed by atoms with Crippen LogP contribution in [0.2, 0.25) is 0 Å². The highest BCUT2D eigenvalue weighted by Crippen LogP contribution is 2.26. The van der Waals surface area contributed by atoms with E-state index in [1.807, 2.05) is 12.4 Å². The Bertz CT molecular complexity index is 437. The van der Waals surface area contributed by atoms with Crippen molar-refractivity contribution in [2.24, 2.45) is 22.0 Å². The van der Waals surface area contributed by atoms with Crippen molar-refractivity contribution in [2.45, 2.75) is 52.4 Å². The second-order valence-corrected chi connectivity index (χ2v) is 6.02. The zero-order valence-corrected chi connectivity index (χ0v) is 12.8. The second kappa shape index (κ2) is 7.98. The molecular weight excluding hydrogens is 244 g/mol. The zero-order valence-electron chi connectivity index (χ0n) is 12.8. The average Bonchev–Trinajstić information content (AvgIpc) is 2.47. The van der Waals surface area contributed by atoms with Gasteiger partial charge in [0.05, 0.1) is 6.21 Å². The van der Waals surface area contributed by atoms with Gasteiger partial charge in [-0.3, -0.25) is 0 Å². The summed E-state index contributed by atoms with van der Waals surface area (Å²) in [5, 5.41) is 8.39. The summed E-state index contributed by atoms with van der Waals surface area (Å²) in [7, 11) is 0. The predicted molar refractivity (Wildman–Crippen MR) is 87.6 cm³/mol. The van der Waals surface area contributed by atoms with Crippen molar-refractivity contribution < 1.29 is 0 Å². The first kappa shape index (κ1) is 15.0. The van der Waals surface area contributed by atoms with Gasteiger partial charge in [-0.1, -0.05) is 57.4 Å². The molecule has 1 saturated carbocycles. The van der Waals surface area contributed by atoms with E-state index in [1.54, 1.807) is 0 Å². The molecule has 108 valence electrons. The van der Waals surface area contributed by atoms with E-state index < -0.39 is 0 Å². The summed E-state index contributed by atoms with van der Waals surface area (Å²) >= 11 is 0. The summed E-state index contributed by atoms with van der Waals surface area (Å²) in [5.41, 5.74) is 2.52. The number of rotatable bonds is 5. The summed E-state index contributed by atoms with van der Waals surface area (Å²) in [5.74, 6) is 1.53. The van der Waals surface area contributed by atoms with Crippen molar-refractivity contribution in [3.63, 3.8) is 0 Å². The lowest BCUT2D eigenvalue weighted by atomic mass is 9.84. The van der Waals surface area contributed by atoms with E-state index in [2.05, 4.69) is 48.3 Å². The molecule has 1 aromatic rings. The summed E-state index contributed by atoms with van der Waals surface area (Å²) in [6, 6.07) is 8.59. The monoisotopic (exact) mass is 270 g/mol. The maximum atomic E-state index is 4.22. The molecule has 0 aromatic heterocycles. The van der Waals surface area contributed by atoms with Crippen molar-refractivity contribution in [1.82, 2.24) is 0 Å². The van der Waals surface area contributed by atoms with Crippen LogP contribution in [0.15, 0.2) is 34.5 Å². The van der Waals surface area contributed by atoms with Crippen LogP contribution in [-0.2, 0) is 6.42 Å². The molecule has 0 aliphatic heterocycles. The molecule has 0 radical (unpaired) electrons. The molecule has 0 unspecified atom stereocenters. The first-order valence-electron chi connectivity index (χ1n) is 7.93. The number of benzene rings is 1. The normalized spacial score (nSPS) is 23.7. The lowest BCUT2D eigenvalue weighted by molar-refractivity contribution is 0.347. The van der Waals surface area contributed by atoms with Gasteiger partial charge in [-0.2, -0.15) is 10.2 Å². The molecule has 1 aliphatic carbocycles. The predicted octanol–water partition coefficient (Wildman–Crippen LogP) is 4.87. The van der Waals surface area contributed by atoms with Crippen LogP contribution in [-0.4, -0.2) is 12.4 Å². The zero-order chi connectivity index (χ0) is 14.2. The third-order valence-electron chi connectivity index (χ3n) is 4.13. The number of hydrogen-bond donors (Lipinski definition) is 0. The molecule has 1 aromatic carbocycles. The highest BCUT2D eigenvalue weighted by atomic mass is 15.2. The van der Waals surface area contributed by atoms with Crippen LogP contribution < -0.4 is 0 Å². The Morgan fingerprint density at radius 2 is 1.75 bits per heavy atom. The van der Waals surface area contributed by atoms with Crippen molar-refractivity contribution in [2.75, 3.05) is 0 Å². The minimum absolute atomic E-state index is 0.635. The minimum atomic E-state index is 0.635. The molecular formula is C18H26N2. The fourth-order valence-corrected chi connectivity index (χ4v) is 2.73. The highest BCUT2D eigenvalue weighted by molar-refractivity contribution is 5.79. The molecule has 0 bridgehead atoms. The minimum Gasteiger partial charge on any atom is -0.163 e. The van der Waals surface area contributed by atoms with Crippen LogP contribution in [0.25, 0.3) is 0 Å². The Morgan fingerprint density at radius 1 is 1.05 bits per heavy atom. The van der Waals surface area contributed by atoms with Crippen LogP contribution in [0.5, 0.6) is 0 Å². The van der Waals surface area contributed by atoms with E-state index in [-0.39, 0.29) is 0 Å². The summed E-state index contributed by atoms with van der Waals surface area (Å²) < 4.78 is 0. The average molecular weight is 270 g/mol. The Kier molecular flexibility index (Phi) is 5.97. The smallest absolute Gasteiger partial charge is 0.0567 e. The van der Waals surface area contributed by atoms with E-state index >= 15 is 0 Å². The number of hydrogen-bond acceptors (Lipinski definition) is 2. The van der Waals surface area contributed by atoms with E-state index in [0.717, 1.165) is 17.9 Å². The molecule has 0 N–H and O–H groups in total. The Balaban J connectivity index is 1.80. The van der Waals surface area contributed by atoms with Gasteiger partial charge >= 0.3 is 0 Å². The fraction of sp³-hybridized carbons (Fsp3) is 0.556. The lowest BCUT2D eigenvalue weighted by Gasteiger charge is -2.22. The standard InChI is InChI=1S/C18H26N2/c1-3-4-16-9-11-18(12-10-16)14-20-19-13-17-7-5-15(2)6-8-17/h9-15,17H,3-8H2,1-2H3/b19-13-,20-14-. The highest BCUT2D eigenvalue weighted by Gasteiger charge is 2.16. The van der Waals surface area contributed by atoms with Gasteiger partial charge in [-0.25, -0.2) is 0 Å². The van der Waals surface area contributed by atoms with Crippen molar-refractivity contribution in [3.05, 3.63) is 35.4 Å². The van der Waals surface area contributed by atoms with Crippen LogP contribution >= 0.6 is 0 Å². The lowest BCUT2D eigenvalue weighted by Crippen LogP contribution is -2.12. The molecule has 1 aliphatic rings. The topological polar surface area (TPSA) is 24.7 Å². The summed E-state index contributed by atoms with van der Waals surface area (Å²) in [6.45, 7) is 4.55. The second-order valence-electron chi connectivity index (χ2n) is 6.02. The van der Waals surface area contributed by atoms with Gasteiger partial charge in [-0.15, -0.1) is 0 Å². The van der Waals surface area contributed by atoms with Gasteiger partial charge in [0.15, 0.2) is 0 Å². The van der Waals surface area contributed by atoms with E-state index in [0.29, 0.717) is 5.92 Å². The van der Waals surface area contributed by atoms with Gasteiger partial charge in [0.2, 0.25) is 0 Å². The number of nitrogens with zero attached hydrogens (tertiary/aromatic N) is 2. The fourth-order valence-electron chi connectivity index (χ4n) is 2.73. The first-order valence-corrected chi connectivity index (χ1v) is 7.93. The third-order valence-corrected chi connectivity index (χ3v) is 4.13. The van der Waals surface area contributed by atoms with E-state index in [1.165, 1.54) is 37.7 Å². The van der Waals surface area contributed by atoms with Gasteiger partial charge in [0.1, 0.15) is 0 Å². The van der Waals surface area contributed by atoms with Crippen LogP contribution in [0.3, 0.4) is 0 Å². The van der Waals surface area contributed by atoms with Gasteiger partial charge in [0, 0.05) is 6.21 Å². The molecule has 0 heterocycles. The van der Waals surface area contributed by atoms with Crippen LogP contribution in [0, 0.1) is 11.8 Å². The Morgan fingerprint density at radius 3 is 2.40 bits per heavy atom. The molecule has 0 spiro atoms. The quantitative estimate of drug-likeness (QED) is 0.538. The Hall–Kier alpha value is -1.44. The summed E-state index contributed by atoms with van der Waals surface area (Å²) in [4.78, 5) is 0. The maximum absolute atomic E-state index is 4.22. The third kappa shape index (κ3) is 4.92. The van der Waals surface area contributed by atoms with Crippen LogP contribution in [0.4, 0.5) is 0 Å². The number of aryl methyl sites for hydroxylation is 1. The van der Waals surface area contributed by atoms with Gasteiger partial charge in [0.25, 0.3) is 0 Å². The SMILES string of the molecule is CCCc1ccc(/C=N\N=C/C2CCC(C)CC2)cc1. The van der Waals surface area contributed by atoms with Crippen molar-refractivity contribution in [3.8, 4) is 0 Å². The molecule has 0 atom stereocenters. The molecule has 20 heavy (non-hydrogen) atoms. The molecule has 2 rings (SSSR count). The van der Waals surface area contributed by atoms with Gasteiger partial charge in [-0.05, 0) is 42.2 Å². The van der Waals surface area contributed by atoms with Gasteiger partial charge < -0.3 is 0 Å². The van der Waals surface area contributed by atoms with Crippen molar-refractivity contribution in [1.29, 1.82) is 0 Å². The molecule has 0 saturated heterocycles. The van der Waals surface area contributed by atoms with Crippen LogP contribution in [0.1, 0.15) is 57.1 Å². The summed E-state index contributed by atoms with van der Waals surface area (Å²) in [6.07, 6.45) is 11.4. The van der Waals surface area contributed by atoms with E-state index in [9.17, 15) is 0 Å². The molecule has 2 heteroatoms. The maximum Gasteiger partial charge on any atom is 0.0567 e. The largest absolute Gasteiger partial charge is 0.163 e. The molecule has 0 amide bonds. The molecule has 2 nitrogen and oxygen atoms in total. The Labute approximate surface area is 123 Å². The molecule has 1 fully saturated rings.